The third-order valence-corrected chi connectivity index (χ3v) is 4.81. The van der Waals surface area contributed by atoms with E-state index in [0.717, 1.165) is 11.1 Å². The van der Waals surface area contributed by atoms with Crippen molar-refractivity contribution in [2.45, 2.75) is 12.8 Å². The van der Waals surface area contributed by atoms with E-state index in [1.54, 1.807) is 12.4 Å². The van der Waals surface area contributed by atoms with Gasteiger partial charge in [-0.2, -0.15) is 0 Å². The Hall–Kier alpha value is -3.79. The van der Waals surface area contributed by atoms with Crippen molar-refractivity contribution in [2.24, 2.45) is 5.16 Å². The smallest absolute Gasteiger partial charge is 0.154 e. The van der Waals surface area contributed by atoms with Crippen molar-refractivity contribution in [1.29, 1.82) is 0 Å². The lowest BCUT2D eigenvalue weighted by Gasteiger charge is -2.13. The van der Waals surface area contributed by atoms with Crippen LogP contribution in [0.4, 0.5) is 0 Å². The van der Waals surface area contributed by atoms with E-state index < -0.39 is 0 Å². The van der Waals surface area contributed by atoms with Gasteiger partial charge < -0.3 is 5.21 Å². The Kier molecular flexibility index (Phi) is 5.72. The number of oxime groups is 1. The fraction of sp³-hybridized carbons (Fsp3) is 0.0800. The van der Waals surface area contributed by atoms with Crippen LogP contribution in [0.1, 0.15) is 33.6 Å². The fourth-order valence-electron chi connectivity index (χ4n) is 3.43. The van der Waals surface area contributed by atoms with Crippen LogP contribution in [0, 0.1) is 0 Å². The van der Waals surface area contributed by atoms with Crippen molar-refractivity contribution < 1.29 is 5.21 Å². The van der Waals surface area contributed by atoms with Gasteiger partial charge in [0.2, 0.25) is 0 Å². The monoisotopic (exact) mass is 379 g/mol. The van der Waals surface area contributed by atoms with Crippen LogP contribution in [0.5, 0.6) is 0 Å². The molecule has 0 amide bonds. The van der Waals surface area contributed by atoms with Gasteiger partial charge in [0, 0.05) is 12.4 Å². The summed E-state index contributed by atoms with van der Waals surface area (Å²) in [7, 11) is 0. The maximum Gasteiger partial charge on any atom is 0.154 e. The van der Waals surface area contributed by atoms with Crippen molar-refractivity contribution in [1.82, 2.24) is 9.97 Å². The molecule has 0 fully saturated rings. The third kappa shape index (κ3) is 4.38. The second kappa shape index (κ2) is 8.93. The molecule has 0 bridgehead atoms. The average Bonchev–Trinajstić information content (AvgIpc) is 2.78. The molecule has 4 nitrogen and oxygen atoms in total. The summed E-state index contributed by atoms with van der Waals surface area (Å²) in [6.45, 7) is 0. The van der Waals surface area contributed by atoms with Gasteiger partial charge in [-0.1, -0.05) is 78.0 Å². The first kappa shape index (κ1) is 18.6. The summed E-state index contributed by atoms with van der Waals surface area (Å²) < 4.78 is 0. The first-order valence-corrected chi connectivity index (χ1v) is 9.53. The van der Waals surface area contributed by atoms with Crippen LogP contribution < -0.4 is 0 Å². The van der Waals surface area contributed by atoms with Gasteiger partial charge >= 0.3 is 0 Å². The Bertz CT molecular complexity index is 1020. The number of pyridine rings is 2. The number of benzene rings is 2. The maximum absolute atomic E-state index is 9.92. The molecule has 4 heteroatoms. The van der Waals surface area contributed by atoms with Crippen molar-refractivity contribution in [3.05, 3.63) is 131 Å². The first-order valence-electron chi connectivity index (χ1n) is 9.53. The van der Waals surface area contributed by atoms with Crippen LogP contribution in [-0.4, -0.2) is 20.9 Å². The Morgan fingerprint density at radius 3 is 1.48 bits per heavy atom. The molecule has 0 aliphatic heterocycles. The first-order chi connectivity index (χ1) is 14.3. The molecule has 0 spiro atoms. The Balaban J connectivity index is 1.73. The average molecular weight is 379 g/mol. The van der Waals surface area contributed by atoms with Gasteiger partial charge in [0.15, 0.2) is 5.71 Å². The molecule has 0 unspecified atom stereocenters. The van der Waals surface area contributed by atoms with Gasteiger partial charge in [0.1, 0.15) is 0 Å². The van der Waals surface area contributed by atoms with Gasteiger partial charge in [0.05, 0.1) is 11.4 Å². The van der Waals surface area contributed by atoms with E-state index in [1.165, 1.54) is 11.1 Å². The number of aromatic nitrogens is 2. The number of nitrogens with zero attached hydrogens (tertiary/aromatic N) is 3. The zero-order chi connectivity index (χ0) is 19.9. The topological polar surface area (TPSA) is 58.4 Å². The summed E-state index contributed by atoms with van der Waals surface area (Å²) >= 11 is 0. The van der Waals surface area contributed by atoms with Crippen LogP contribution in [0.15, 0.2) is 102 Å². The molecule has 4 rings (SSSR count). The second-order valence-corrected chi connectivity index (χ2v) is 6.80. The number of hydrogen-bond donors (Lipinski definition) is 1. The van der Waals surface area contributed by atoms with E-state index in [9.17, 15) is 5.21 Å². The highest BCUT2D eigenvalue weighted by Gasteiger charge is 2.19. The van der Waals surface area contributed by atoms with Crippen molar-refractivity contribution in [3.8, 4) is 0 Å². The predicted molar refractivity (Wildman–Crippen MR) is 114 cm³/mol. The zero-order valence-electron chi connectivity index (χ0n) is 15.9. The van der Waals surface area contributed by atoms with E-state index in [-0.39, 0.29) is 0 Å². The zero-order valence-corrected chi connectivity index (χ0v) is 15.9. The molecule has 0 radical (unpaired) electrons. The van der Waals surface area contributed by atoms with Gasteiger partial charge in [-0.3, -0.25) is 9.97 Å². The molecule has 142 valence electrons. The van der Waals surface area contributed by atoms with E-state index in [4.69, 9.17) is 0 Å². The number of hydrogen-bond acceptors (Lipinski definition) is 4. The molecule has 0 atom stereocenters. The van der Waals surface area contributed by atoms with E-state index in [0.29, 0.717) is 29.9 Å². The normalized spacial score (nSPS) is 10.5. The van der Waals surface area contributed by atoms with E-state index >= 15 is 0 Å². The second-order valence-electron chi connectivity index (χ2n) is 6.80. The summed E-state index contributed by atoms with van der Waals surface area (Å²) in [4.78, 5) is 9.08. The number of rotatable bonds is 6. The lowest BCUT2D eigenvalue weighted by molar-refractivity contribution is 0.319. The quantitative estimate of drug-likeness (QED) is 0.295. The summed E-state index contributed by atoms with van der Waals surface area (Å²) in [5, 5.41) is 13.5. The molecular formula is C25H21N3O. The molecule has 29 heavy (non-hydrogen) atoms. The minimum absolute atomic E-state index is 0.392. The predicted octanol–water partition coefficient (Wildman–Crippen LogP) is 4.88. The van der Waals surface area contributed by atoms with Gasteiger partial charge in [-0.05, 0) is 47.2 Å². The van der Waals surface area contributed by atoms with Gasteiger partial charge in [0.25, 0.3) is 0 Å². The molecule has 4 aromatic rings. The molecule has 0 saturated heterocycles. The van der Waals surface area contributed by atoms with Crippen molar-refractivity contribution >= 4 is 5.71 Å². The summed E-state index contributed by atoms with van der Waals surface area (Å²) in [6.07, 6.45) is 4.83. The Morgan fingerprint density at radius 1 is 0.621 bits per heavy atom. The van der Waals surface area contributed by atoms with Gasteiger partial charge in [-0.15, -0.1) is 0 Å². The van der Waals surface area contributed by atoms with Crippen LogP contribution in [-0.2, 0) is 12.8 Å². The molecule has 0 saturated carbocycles. The minimum Gasteiger partial charge on any atom is -0.410 e. The standard InChI is InChI=1S/C25H21N3O/c29-28-25(23-21(13-7-15-26-23)17-19-9-3-1-4-10-19)24-22(14-8-16-27-24)18-20-11-5-2-6-12-20/h1-16,29H,17-18H2. The fourth-order valence-corrected chi connectivity index (χ4v) is 3.43. The molecular weight excluding hydrogens is 358 g/mol. The van der Waals surface area contributed by atoms with Crippen molar-refractivity contribution in [3.63, 3.8) is 0 Å². The van der Waals surface area contributed by atoms with E-state index in [1.807, 2.05) is 60.7 Å². The maximum atomic E-state index is 9.92. The molecule has 2 aromatic carbocycles. The van der Waals surface area contributed by atoms with Crippen LogP contribution in [0.25, 0.3) is 0 Å². The lowest BCUT2D eigenvalue weighted by atomic mass is 9.96. The molecule has 1 N–H and O–H groups in total. The summed E-state index contributed by atoms with van der Waals surface area (Å²) in [5.41, 5.74) is 6.00. The lowest BCUT2D eigenvalue weighted by Crippen LogP contribution is -2.14. The Labute approximate surface area is 170 Å². The van der Waals surface area contributed by atoms with Crippen LogP contribution in [0.2, 0.25) is 0 Å². The summed E-state index contributed by atoms with van der Waals surface area (Å²) in [5.74, 6) is 0. The summed E-state index contributed by atoms with van der Waals surface area (Å²) in [6, 6.07) is 28.2. The molecule has 2 heterocycles. The molecule has 0 aliphatic rings. The Morgan fingerprint density at radius 2 is 1.07 bits per heavy atom. The van der Waals surface area contributed by atoms with Crippen LogP contribution in [0.3, 0.4) is 0 Å². The highest BCUT2D eigenvalue weighted by atomic mass is 16.4. The minimum atomic E-state index is 0.392. The highest BCUT2D eigenvalue weighted by Crippen LogP contribution is 2.20. The van der Waals surface area contributed by atoms with Gasteiger partial charge in [-0.25, -0.2) is 0 Å². The largest absolute Gasteiger partial charge is 0.410 e. The van der Waals surface area contributed by atoms with Crippen LogP contribution >= 0.6 is 0 Å². The molecule has 0 aliphatic carbocycles. The third-order valence-electron chi connectivity index (χ3n) is 4.81. The van der Waals surface area contributed by atoms with Crippen molar-refractivity contribution in [2.75, 3.05) is 0 Å². The highest BCUT2D eigenvalue weighted by molar-refractivity contribution is 6.11. The SMILES string of the molecule is ON=C(c1ncccc1Cc1ccccc1)c1ncccc1Cc1ccccc1. The van der Waals surface area contributed by atoms with E-state index in [2.05, 4.69) is 39.4 Å². The molecule has 2 aromatic heterocycles.